The van der Waals surface area contributed by atoms with Gasteiger partial charge in [-0.05, 0) is 21.0 Å². The van der Waals surface area contributed by atoms with Crippen LogP contribution < -0.4 is 5.32 Å². The molecule has 1 aliphatic rings. The van der Waals surface area contributed by atoms with E-state index in [9.17, 15) is 4.79 Å². The molecule has 2 heterocycles. The number of nitrogens with one attached hydrogen (secondary N) is 1. The lowest BCUT2D eigenvalue weighted by Gasteiger charge is -2.11. The number of Topliss-reactive ketones (excluding diaryl/α,β-unsaturated/α-hetero) is 1. The van der Waals surface area contributed by atoms with E-state index in [1.54, 1.807) is 0 Å². The fourth-order valence-corrected chi connectivity index (χ4v) is 1.99. The molecular formula is C11H18N4O. The second-order valence-corrected chi connectivity index (χ2v) is 4.46. The van der Waals surface area contributed by atoms with Gasteiger partial charge in [-0.2, -0.15) is 5.10 Å². The Bertz CT molecular complexity index is 408. The Balaban J connectivity index is 2.24. The first kappa shape index (κ1) is 11.3. The molecule has 0 saturated heterocycles. The Hall–Kier alpha value is -1.20. The van der Waals surface area contributed by atoms with E-state index in [0.29, 0.717) is 13.1 Å². The van der Waals surface area contributed by atoms with Crippen molar-refractivity contribution in [1.82, 2.24) is 20.0 Å². The first-order valence-corrected chi connectivity index (χ1v) is 5.54. The van der Waals surface area contributed by atoms with Crippen molar-refractivity contribution in [2.45, 2.75) is 20.0 Å². The monoisotopic (exact) mass is 222 g/mol. The maximum atomic E-state index is 11.7. The van der Waals surface area contributed by atoms with E-state index in [1.165, 1.54) is 0 Å². The maximum Gasteiger partial charge on any atom is 0.180 e. The van der Waals surface area contributed by atoms with Gasteiger partial charge in [-0.3, -0.25) is 9.48 Å². The van der Waals surface area contributed by atoms with Gasteiger partial charge in [-0.15, -0.1) is 0 Å². The van der Waals surface area contributed by atoms with Crippen LogP contribution >= 0.6 is 0 Å². The Morgan fingerprint density at radius 2 is 2.19 bits per heavy atom. The number of likely N-dealkylation sites (N-methyl/N-ethyl adjacent to an activating group) is 1. The van der Waals surface area contributed by atoms with Crippen LogP contribution in [-0.2, 0) is 13.1 Å². The third-order valence-corrected chi connectivity index (χ3v) is 2.89. The molecule has 2 rings (SSSR count). The minimum Gasteiger partial charge on any atom is -0.308 e. The number of rotatable bonds is 3. The van der Waals surface area contributed by atoms with Gasteiger partial charge in [0.2, 0.25) is 0 Å². The fraction of sp³-hybridized carbons (Fsp3) is 0.636. The lowest BCUT2D eigenvalue weighted by atomic mass is 10.1. The van der Waals surface area contributed by atoms with E-state index in [-0.39, 0.29) is 5.78 Å². The predicted molar refractivity (Wildman–Crippen MR) is 61.6 cm³/mol. The van der Waals surface area contributed by atoms with E-state index >= 15 is 0 Å². The van der Waals surface area contributed by atoms with Gasteiger partial charge in [0.05, 0.1) is 24.3 Å². The maximum absolute atomic E-state index is 11.7. The first-order chi connectivity index (χ1) is 7.59. The molecule has 1 aromatic heterocycles. The summed E-state index contributed by atoms with van der Waals surface area (Å²) in [6, 6.07) is 0. The Morgan fingerprint density at radius 3 is 2.81 bits per heavy atom. The quantitative estimate of drug-likeness (QED) is 0.784. The van der Waals surface area contributed by atoms with Crippen molar-refractivity contribution in [2.75, 3.05) is 27.2 Å². The summed E-state index contributed by atoms with van der Waals surface area (Å²) in [7, 11) is 4.07. The second-order valence-electron chi connectivity index (χ2n) is 4.46. The second kappa shape index (κ2) is 4.35. The molecule has 0 bridgehead atoms. The van der Waals surface area contributed by atoms with Gasteiger partial charge in [-0.25, -0.2) is 0 Å². The summed E-state index contributed by atoms with van der Waals surface area (Å²) in [6.07, 6.45) is 0. The zero-order valence-corrected chi connectivity index (χ0v) is 10.1. The van der Waals surface area contributed by atoms with E-state index < -0.39 is 0 Å². The summed E-state index contributed by atoms with van der Waals surface area (Å²) in [5.41, 5.74) is 2.73. The average molecular weight is 222 g/mol. The number of hydrogen-bond donors (Lipinski definition) is 1. The van der Waals surface area contributed by atoms with Gasteiger partial charge in [0.15, 0.2) is 5.78 Å². The number of hydrogen-bond acceptors (Lipinski definition) is 4. The molecule has 0 aliphatic carbocycles. The Morgan fingerprint density at radius 1 is 1.44 bits per heavy atom. The molecule has 0 aromatic carbocycles. The zero-order valence-electron chi connectivity index (χ0n) is 10.1. The van der Waals surface area contributed by atoms with E-state index in [2.05, 4.69) is 15.3 Å². The van der Waals surface area contributed by atoms with Crippen molar-refractivity contribution in [3.8, 4) is 0 Å². The molecule has 5 heteroatoms. The summed E-state index contributed by atoms with van der Waals surface area (Å²) in [4.78, 5) is 13.8. The molecule has 0 unspecified atom stereocenters. The Labute approximate surface area is 95.4 Å². The van der Waals surface area contributed by atoms with Gasteiger partial charge in [0.1, 0.15) is 0 Å². The van der Waals surface area contributed by atoms with Crippen LogP contribution in [0, 0.1) is 6.92 Å². The van der Waals surface area contributed by atoms with E-state index in [4.69, 9.17) is 0 Å². The Kier molecular flexibility index (Phi) is 3.07. The van der Waals surface area contributed by atoms with Crippen LogP contribution in [0.2, 0.25) is 0 Å². The molecule has 0 atom stereocenters. The lowest BCUT2D eigenvalue weighted by Crippen LogP contribution is -2.29. The van der Waals surface area contributed by atoms with Gasteiger partial charge in [-0.1, -0.05) is 0 Å². The van der Waals surface area contributed by atoms with Crippen LogP contribution in [-0.4, -0.2) is 47.6 Å². The van der Waals surface area contributed by atoms with Gasteiger partial charge >= 0.3 is 0 Å². The zero-order chi connectivity index (χ0) is 11.7. The van der Waals surface area contributed by atoms with E-state index in [0.717, 1.165) is 30.0 Å². The number of fused-ring (bicyclic) bond motifs is 1. The summed E-state index contributed by atoms with van der Waals surface area (Å²) < 4.78 is 1.94. The minimum absolute atomic E-state index is 0.162. The molecule has 16 heavy (non-hydrogen) atoms. The highest BCUT2D eigenvalue weighted by Crippen LogP contribution is 2.17. The van der Waals surface area contributed by atoms with Crippen molar-refractivity contribution in [3.63, 3.8) is 0 Å². The van der Waals surface area contributed by atoms with Gasteiger partial charge < -0.3 is 10.2 Å². The molecule has 1 aliphatic heterocycles. The number of carbonyl (C=O) groups is 1. The van der Waals surface area contributed by atoms with Crippen molar-refractivity contribution < 1.29 is 4.79 Å². The highest BCUT2D eigenvalue weighted by Gasteiger charge is 2.23. The van der Waals surface area contributed by atoms with Crippen LogP contribution in [0.1, 0.15) is 21.7 Å². The highest BCUT2D eigenvalue weighted by atomic mass is 16.1. The minimum atomic E-state index is 0.162. The smallest absolute Gasteiger partial charge is 0.180 e. The van der Waals surface area contributed by atoms with Crippen molar-refractivity contribution in [2.24, 2.45) is 0 Å². The molecule has 0 fully saturated rings. The van der Waals surface area contributed by atoms with Crippen molar-refractivity contribution in [3.05, 3.63) is 17.0 Å². The lowest BCUT2D eigenvalue weighted by molar-refractivity contribution is 0.0981. The molecule has 88 valence electrons. The number of nitrogens with zero attached hydrogens (tertiary/aromatic N) is 3. The molecule has 0 saturated carbocycles. The first-order valence-electron chi connectivity index (χ1n) is 5.54. The van der Waals surface area contributed by atoms with Gasteiger partial charge in [0, 0.05) is 18.8 Å². The van der Waals surface area contributed by atoms with Crippen LogP contribution in [0.25, 0.3) is 0 Å². The molecule has 1 aromatic rings. The molecule has 0 radical (unpaired) electrons. The average Bonchev–Trinajstić information content (AvgIpc) is 2.54. The molecule has 5 nitrogen and oxygen atoms in total. The summed E-state index contributed by atoms with van der Waals surface area (Å²) >= 11 is 0. The molecule has 1 N–H and O–H groups in total. The van der Waals surface area contributed by atoms with Crippen LogP contribution in [0.5, 0.6) is 0 Å². The van der Waals surface area contributed by atoms with Crippen molar-refractivity contribution in [1.29, 1.82) is 0 Å². The fourth-order valence-electron chi connectivity index (χ4n) is 1.99. The van der Waals surface area contributed by atoms with Gasteiger partial charge in [0.25, 0.3) is 0 Å². The normalized spacial score (nSPS) is 15.6. The molecular weight excluding hydrogens is 204 g/mol. The summed E-state index contributed by atoms with van der Waals surface area (Å²) in [5, 5.41) is 7.54. The highest BCUT2D eigenvalue weighted by molar-refractivity contribution is 6.00. The number of aromatic nitrogens is 2. The van der Waals surface area contributed by atoms with Crippen LogP contribution in [0.15, 0.2) is 0 Å². The number of carbonyl (C=O) groups excluding carboxylic acids is 1. The standard InChI is InChI=1S/C11H18N4O/c1-8-11-9(6-12-7-10(11)16)13-15(8)5-4-14(2)3/h12H,4-7H2,1-3H3. The summed E-state index contributed by atoms with van der Waals surface area (Å²) in [6.45, 7) is 4.89. The van der Waals surface area contributed by atoms with Crippen molar-refractivity contribution >= 4 is 5.78 Å². The van der Waals surface area contributed by atoms with E-state index in [1.807, 2.05) is 25.7 Å². The SMILES string of the molecule is Cc1c2c(nn1CCN(C)C)CNCC2=O. The molecule has 0 amide bonds. The largest absolute Gasteiger partial charge is 0.308 e. The third kappa shape index (κ3) is 2.01. The third-order valence-electron chi connectivity index (χ3n) is 2.89. The van der Waals surface area contributed by atoms with Crippen LogP contribution in [0.4, 0.5) is 0 Å². The predicted octanol–water partition coefficient (Wildman–Crippen LogP) is 0.0390. The topological polar surface area (TPSA) is 50.2 Å². The molecule has 0 spiro atoms. The summed E-state index contributed by atoms with van der Waals surface area (Å²) in [5.74, 6) is 0.162. The van der Waals surface area contributed by atoms with Crippen LogP contribution in [0.3, 0.4) is 0 Å². The number of ketones is 1.